The van der Waals surface area contributed by atoms with Crippen molar-refractivity contribution in [2.24, 2.45) is 0 Å². The summed E-state index contributed by atoms with van der Waals surface area (Å²) in [5.74, 6) is 0.0648. The Balaban J connectivity index is 1.56. The number of unbranched alkanes of at least 4 members (excludes halogenated alkanes) is 2. The Morgan fingerprint density at radius 3 is 2.57 bits per heavy atom. The zero-order valence-electron chi connectivity index (χ0n) is 16.9. The summed E-state index contributed by atoms with van der Waals surface area (Å²) in [5.41, 5.74) is 0.972. The molecular weight excluding hydrogens is 364 g/mol. The summed E-state index contributed by atoms with van der Waals surface area (Å²) in [5, 5.41) is 19.4. The predicted molar refractivity (Wildman–Crippen MR) is 102 cm³/mol. The van der Waals surface area contributed by atoms with Gasteiger partial charge in [0.25, 0.3) is 0 Å². The van der Waals surface area contributed by atoms with Crippen LogP contribution in [0.15, 0.2) is 24.3 Å². The lowest BCUT2D eigenvalue weighted by atomic mass is 10.1. The Labute approximate surface area is 166 Å². The van der Waals surface area contributed by atoms with Crippen LogP contribution in [0.5, 0.6) is 5.75 Å². The van der Waals surface area contributed by atoms with Gasteiger partial charge in [0.15, 0.2) is 12.1 Å². The van der Waals surface area contributed by atoms with E-state index in [1.807, 2.05) is 38.1 Å². The Hall–Kier alpha value is -1.22. The van der Waals surface area contributed by atoms with Crippen LogP contribution >= 0.6 is 0 Å². The molecule has 2 aliphatic rings. The molecular formula is C21H32O7. The summed E-state index contributed by atoms with van der Waals surface area (Å²) in [6.45, 7) is 6.41. The molecule has 1 aromatic rings. The Bertz CT molecular complexity index is 603. The normalized spacial score (nSPS) is 29.6. The molecule has 2 saturated heterocycles. The SMILES string of the molecule is CCCCCOc1ccc(CO[C@@H]2[C@@H]3OC(C)(C)O[C@H]3O[C@@H]2[C@H](O)CO)cc1. The maximum atomic E-state index is 10.1. The maximum absolute atomic E-state index is 10.1. The maximum Gasteiger partial charge on any atom is 0.190 e. The van der Waals surface area contributed by atoms with Crippen LogP contribution in [0.4, 0.5) is 0 Å². The van der Waals surface area contributed by atoms with Crippen LogP contribution < -0.4 is 4.74 Å². The van der Waals surface area contributed by atoms with Crippen molar-refractivity contribution < 1.29 is 33.9 Å². The number of aliphatic hydroxyl groups excluding tert-OH is 2. The predicted octanol–water partition coefficient (Wildman–Crippen LogP) is 2.37. The van der Waals surface area contributed by atoms with Gasteiger partial charge in [-0.2, -0.15) is 0 Å². The highest BCUT2D eigenvalue weighted by Gasteiger charge is 2.56. The second-order valence-electron chi connectivity index (χ2n) is 7.79. The lowest BCUT2D eigenvalue weighted by Crippen LogP contribution is -2.44. The first-order valence-corrected chi connectivity index (χ1v) is 10.1. The lowest BCUT2D eigenvalue weighted by molar-refractivity contribution is -0.232. The van der Waals surface area contributed by atoms with Crippen LogP contribution in [0.25, 0.3) is 0 Å². The van der Waals surface area contributed by atoms with E-state index in [4.69, 9.17) is 23.7 Å². The van der Waals surface area contributed by atoms with Crippen LogP contribution in [0, 0.1) is 0 Å². The van der Waals surface area contributed by atoms with Crippen LogP contribution in [-0.4, -0.2) is 59.9 Å². The highest BCUT2D eigenvalue weighted by molar-refractivity contribution is 5.26. The second-order valence-corrected chi connectivity index (χ2v) is 7.79. The van der Waals surface area contributed by atoms with Gasteiger partial charge in [0, 0.05) is 0 Å². The average molecular weight is 396 g/mol. The summed E-state index contributed by atoms with van der Waals surface area (Å²) in [6.07, 6.45) is -0.00224. The van der Waals surface area contributed by atoms with Crippen molar-refractivity contribution in [3.63, 3.8) is 0 Å². The van der Waals surface area contributed by atoms with E-state index in [-0.39, 0.29) is 0 Å². The highest BCUT2D eigenvalue weighted by Crippen LogP contribution is 2.39. The first kappa shape index (κ1) is 21.5. The van der Waals surface area contributed by atoms with Crippen molar-refractivity contribution in [1.82, 2.24) is 0 Å². The van der Waals surface area contributed by atoms with Gasteiger partial charge in [0.1, 0.15) is 30.2 Å². The third kappa shape index (κ3) is 5.23. The molecule has 0 amide bonds. The number of rotatable bonds is 10. The molecule has 0 unspecified atom stereocenters. The van der Waals surface area contributed by atoms with E-state index in [1.54, 1.807) is 0 Å². The van der Waals surface area contributed by atoms with Gasteiger partial charge >= 0.3 is 0 Å². The zero-order chi connectivity index (χ0) is 20.1. The Morgan fingerprint density at radius 1 is 1.14 bits per heavy atom. The minimum Gasteiger partial charge on any atom is -0.494 e. The number of hydrogen-bond acceptors (Lipinski definition) is 7. The van der Waals surface area contributed by atoms with E-state index in [0.717, 1.165) is 24.3 Å². The molecule has 0 radical (unpaired) electrons. The first-order chi connectivity index (χ1) is 13.4. The van der Waals surface area contributed by atoms with Gasteiger partial charge in [-0.25, -0.2) is 0 Å². The highest BCUT2D eigenvalue weighted by atomic mass is 16.8. The lowest BCUT2D eigenvalue weighted by Gasteiger charge is -2.28. The van der Waals surface area contributed by atoms with Crippen LogP contribution in [0.3, 0.4) is 0 Å². The minimum absolute atomic E-state index is 0.325. The van der Waals surface area contributed by atoms with E-state index in [9.17, 15) is 10.2 Å². The number of aliphatic hydroxyl groups is 2. The van der Waals surface area contributed by atoms with E-state index in [1.165, 1.54) is 12.8 Å². The molecule has 2 fully saturated rings. The van der Waals surface area contributed by atoms with Crippen molar-refractivity contribution in [3.8, 4) is 5.75 Å². The third-order valence-electron chi connectivity index (χ3n) is 4.98. The van der Waals surface area contributed by atoms with Crippen molar-refractivity contribution >= 4 is 0 Å². The molecule has 0 aromatic heterocycles. The van der Waals surface area contributed by atoms with Crippen molar-refractivity contribution in [2.45, 2.75) is 83.1 Å². The molecule has 2 aliphatic heterocycles. The Kier molecular flexibility index (Phi) is 7.31. The molecule has 2 N–H and O–H groups in total. The van der Waals surface area contributed by atoms with E-state index < -0.39 is 43.1 Å². The van der Waals surface area contributed by atoms with Gasteiger partial charge in [-0.05, 0) is 38.0 Å². The van der Waals surface area contributed by atoms with Gasteiger partial charge in [0.2, 0.25) is 0 Å². The van der Waals surface area contributed by atoms with Gasteiger partial charge in [-0.1, -0.05) is 31.9 Å². The first-order valence-electron chi connectivity index (χ1n) is 10.1. The fraction of sp³-hybridized carbons (Fsp3) is 0.714. The van der Waals surface area contributed by atoms with Gasteiger partial charge in [-0.15, -0.1) is 0 Å². The fourth-order valence-electron chi connectivity index (χ4n) is 3.52. The van der Waals surface area contributed by atoms with Gasteiger partial charge in [0.05, 0.1) is 19.8 Å². The molecule has 3 rings (SSSR count). The number of fused-ring (bicyclic) bond motifs is 1. The third-order valence-corrected chi connectivity index (χ3v) is 4.98. The largest absolute Gasteiger partial charge is 0.494 e. The summed E-state index contributed by atoms with van der Waals surface area (Å²) in [7, 11) is 0. The second kappa shape index (κ2) is 9.52. The molecule has 0 bridgehead atoms. The quantitative estimate of drug-likeness (QED) is 0.587. The molecule has 7 nitrogen and oxygen atoms in total. The van der Waals surface area contributed by atoms with Crippen molar-refractivity contribution in [1.29, 1.82) is 0 Å². The number of ether oxygens (including phenoxy) is 5. The van der Waals surface area contributed by atoms with E-state index in [0.29, 0.717) is 6.61 Å². The summed E-state index contributed by atoms with van der Waals surface area (Å²) in [6, 6.07) is 7.76. The van der Waals surface area contributed by atoms with Gasteiger partial charge < -0.3 is 33.9 Å². The zero-order valence-corrected chi connectivity index (χ0v) is 16.9. The summed E-state index contributed by atoms with van der Waals surface area (Å²) < 4.78 is 29.1. The van der Waals surface area contributed by atoms with Gasteiger partial charge in [-0.3, -0.25) is 0 Å². The monoisotopic (exact) mass is 396 g/mol. The van der Waals surface area contributed by atoms with Crippen LogP contribution in [-0.2, 0) is 25.6 Å². The Morgan fingerprint density at radius 2 is 1.89 bits per heavy atom. The van der Waals surface area contributed by atoms with E-state index in [2.05, 4.69) is 6.92 Å². The molecule has 28 heavy (non-hydrogen) atoms. The van der Waals surface area contributed by atoms with Crippen LogP contribution in [0.2, 0.25) is 0 Å². The molecule has 0 aliphatic carbocycles. The summed E-state index contributed by atoms with van der Waals surface area (Å²) >= 11 is 0. The molecule has 2 heterocycles. The molecule has 5 atom stereocenters. The molecule has 0 saturated carbocycles. The number of hydrogen-bond donors (Lipinski definition) is 2. The standard InChI is InChI=1S/C21H32O7/c1-4-5-6-11-24-15-9-7-14(8-10-15)13-25-18-17(16(23)12-22)26-20-19(18)27-21(2,3)28-20/h7-10,16-20,22-23H,4-6,11-13H2,1-3H3/t16-,17-,18+,19+,20-/m1/s1. The average Bonchev–Trinajstić information content (AvgIpc) is 3.15. The van der Waals surface area contributed by atoms with Crippen molar-refractivity contribution in [3.05, 3.63) is 29.8 Å². The fourth-order valence-corrected chi connectivity index (χ4v) is 3.52. The topological polar surface area (TPSA) is 86.6 Å². The number of benzene rings is 1. The van der Waals surface area contributed by atoms with E-state index >= 15 is 0 Å². The van der Waals surface area contributed by atoms with Crippen LogP contribution in [0.1, 0.15) is 45.6 Å². The molecule has 0 spiro atoms. The molecule has 7 heteroatoms. The summed E-state index contributed by atoms with van der Waals surface area (Å²) in [4.78, 5) is 0. The molecule has 1 aromatic carbocycles. The smallest absolute Gasteiger partial charge is 0.190 e. The molecule has 158 valence electrons. The minimum atomic E-state index is -1.06. The van der Waals surface area contributed by atoms with Crippen molar-refractivity contribution in [2.75, 3.05) is 13.2 Å².